The van der Waals surface area contributed by atoms with Gasteiger partial charge in [0.2, 0.25) is 5.82 Å². The topological polar surface area (TPSA) is 72.7 Å². The molecule has 9 heteroatoms. The van der Waals surface area contributed by atoms with Crippen LogP contribution >= 0.6 is 11.3 Å². The van der Waals surface area contributed by atoms with Gasteiger partial charge >= 0.3 is 0 Å². The van der Waals surface area contributed by atoms with Crippen molar-refractivity contribution in [3.63, 3.8) is 0 Å². The molecule has 174 valence electrons. The van der Waals surface area contributed by atoms with E-state index >= 15 is 0 Å². The molecule has 1 unspecified atom stereocenters. The van der Waals surface area contributed by atoms with Crippen molar-refractivity contribution in [1.82, 2.24) is 14.9 Å². The Hall–Kier alpha value is -1.97. The molecule has 3 N–H and O–H groups in total. The maximum Gasteiger partial charge on any atom is 0.251 e. The van der Waals surface area contributed by atoms with Crippen molar-refractivity contribution in [1.29, 1.82) is 5.41 Å². The van der Waals surface area contributed by atoms with Gasteiger partial charge in [-0.1, -0.05) is 19.3 Å². The van der Waals surface area contributed by atoms with E-state index in [9.17, 15) is 8.78 Å². The number of halogens is 2. The summed E-state index contributed by atoms with van der Waals surface area (Å²) in [6.07, 6.45) is 6.57. The van der Waals surface area contributed by atoms with Gasteiger partial charge in [0, 0.05) is 31.7 Å². The fourth-order valence-corrected chi connectivity index (χ4v) is 5.68. The molecule has 2 aromatic heterocycles. The van der Waals surface area contributed by atoms with E-state index in [2.05, 4.69) is 9.88 Å². The quantitative estimate of drug-likeness (QED) is 0.616. The number of anilines is 1. The number of quaternary nitrogens is 1. The summed E-state index contributed by atoms with van der Waals surface area (Å²) < 4.78 is 25.4. The van der Waals surface area contributed by atoms with E-state index in [-0.39, 0.29) is 12.5 Å². The Morgan fingerprint density at radius 3 is 2.66 bits per heavy atom. The van der Waals surface area contributed by atoms with Gasteiger partial charge in [0.15, 0.2) is 0 Å². The molecule has 2 aromatic rings. The third kappa shape index (κ3) is 5.50. The highest BCUT2D eigenvalue weighted by Crippen LogP contribution is 2.32. The summed E-state index contributed by atoms with van der Waals surface area (Å²) in [7, 11) is 1.96. The summed E-state index contributed by atoms with van der Waals surface area (Å²) in [5.74, 6) is 1.99. The van der Waals surface area contributed by atoms with Gasteiger partial charge in [-0.05, 0) is 37.9 Å². The molecule has 1 atom stereocenters. The zero-order chi connectivity index (χ0) is 22.5. The maximum atomic E-state index is 12.7. The number of alkyl halides is 2. The Balaban J connectivity index is 1.47. The van der Waals surface area contributed by atoms with Crippen LogP contribution in [0.1, 0.15) is 59.9 Å². The molecule has 0 aliphatic carbocycles. The molecule has 0 spiro atoms. The Bertz CT molecular complexity index is 910. The number of nitrogens with zero attached hydrogens (tertiary/aromatic N) is 4. The highest BCUT2D eigenvalue weighted by Gasteiger charge is 2.28. The molecule has 2 aliphatic rings. The summed E-state index contributed by atoms with van der Waals surface area (Å²) in [4.78, 5) is 14.4. The fraction of sp³-hybridized carbons (Fsp3) is 0.609. The van der Waals surface area contributed by atoms with E-state index in [1.165, 1.54) is 43.4 Å². The van der Waals surface area contributed by atoms with Gasteiger partial charge in [-0.25, -0.2) is 13.8 Å². The predicted molar refractivity (Wildman–Crippen MR) is 125 cm³/mol. The summed E-state index contributed by atoms with van der Waals surface area (Å²) in [6, 6.07) is 4.05. The Labute approximate surface area is 192 Å². The second-order valence-electron chi connectivity index (χ2n) is 8.72. The van der Waals surface area contributed by atoms with Crippen LogP contribution in [0.2, 0.25) is 0 Å². The smallest absolute Gasteiger partial charge is 0.251 e. The third-order valence-electron chi connectivity index (χ3n) is 6.42. The van der Waals surface area contributed by atoms with Gasteiger partial charge in [0.05, 0.1) is 34.8 Å². The number of aromatic nitrogens is 2. The SMILES string of the molecule is C[NH2+]c1nc(N2CCCCCCC2)ccc1C(=N)c1cnc(C2CCN(CC(F)F)C2)s1. The molecule has 0 saturated carbocycles. The van der Waals surface area contributed by atoms with Crippen molar-refractivity contribution in [2.45, 2.75) is 50.9 Å². The average Bonchev–Trinajstić information content (AvgIpc) is 3.42. The number of pyridine rings is 1. The first-order valence-corrected chi connectivity index (χ1v) is 12.5. The number of hydrogen-bond donors (Lipinski definition) is 2. The van der Waals surface area contributed by atoms with Crippen molar-refractivity contribution < 1.29 is 14.1 Å². The second-order valence-corrected chi connectivity index (χ2v) is 9.78. The zero-order valence-electron chi connectivity index (χ0n) is 18.7. The van der Waals surface area contributed by atoms with E-state index in [1.807, 2.05) is 24.5 Å². The Kier molecular flexibility index (Phi) is 7.80. The minimum Gasteiger partial charge on any atom is -0.356 e. The van der Waals surface area contributed by atoms with Crippen molar-refractivity contribution in [2.75, 3.05) is 44.7 Å². The van der Waals surface area contributed by atoms with Gasteiger partial charge in [-0.2, -0.15) is 4.98 Å². The molecule has 4 heterocycles. The number of nitrogens with one attached hydrogen (secondary N) is 1. The van der Waals surface area contributed by atoms with Crippen LogP contribution in [-0.2, 0) is 0 Å². The van der Waals surface area contributed by atoms with E-state index in [0.29, 0.717) is 18.8 Å². The molecule has 4 rings (SSSR count). The molecule has 32 heavy (non-hydrogen) atoms. The molecule has 0 radical (unpaired) electrons. The molecular formula is C23H33F2N6S+. The molecule has 0 amide bonds. The van der Waals surface area contributed by atoms with Gasteiger partial charge < -0.3 is 4.90 Å². The van der Waals surface area contributed by atoms with E-state index in [0.717, 1.165) is 46.6 Å². The van der Waals surface area contributed by atoms with Crippen LogP contribution in [0.3, 0.4) is 0 Å². The van der Waals surface area contributed by atoms with Crippen LogP contribution < -0.4 is 10.2 Å². The van der Waals surface area contributed by atoms with Gasteiger partial charge in [-0.15, -0.1) is 11.3 Å². The van der Waals surface area contributed by atoms with E-state index < -0.39 is 6.43 Å². The van der Waals surface area contributed by atoms with Crippen LogP contribution in [0.5, 0.6) is 0 Å². The molecule has 0 bridgehead atoms. The van der Waals surface area contributed by atoms with Crippen LogP contribution in [0.4, 0.5) is 20.4 Å². The second kappa shape index (κ2) is 10.8. The first-order valence-electron chi connectivity index (χ1n) is 11.7. The lowest BCUT2D eigenvalue weighted by Gasteiger charge is -2.26. The summed E-state index contributed by atoms with van der Waals surface area (Å²) >= 11 is 1.51. The lowest BCUT2D eigenvalue weighted by Crippen LogP contribution is -2.74. The zero-order valence-corrected chi connectivity index (χ0v) is 19.5. The van der Waals surface area contributed by atoms with Crippen molar-refractivity contribution in [2.24, 2.45) is 0 Å². The Morgan fingerprint density at radius 1 is 1.19 bits per heavy atom. The van der Waals surface area contributed by atoms with E-state index in [4.69, 9.17) is 10.4 Å². The van der Waals surface area contributed by atoms with Crippen LogP contribution in [-0.4, -0.2) is 66.8 Å². The number of likely N-dealkylation sites (tertiary alicyclic amines) is 1. The first-order chi connectivity index (χ1) is 15.5. The van der Waals surface area contributed by atoms with Crippen molar-refractivity contribution in [3.05, 3.63) is 33.8 Å². The van der Waals surface area contributed by atoms with Gasteiger partial charge in [0.25, 0.3) is 6.43 Å². The highest BCUT2D eigenvalue weighted by atomic mass is 32.1. The lowest BCUT2D eigenvalue weighted by atomic mass is 10.1. The minimum absolute atomic E-state index is 0.171. The van der Waals surface area contributed by atoms with Crippen LogP contribution in [0.25, 0.3) is 0 Å². The number of rotatable bonds is 7. The molecule has 6 nitrogen and oxygen atoms in total. The standard InChI is InChI=1S/C23H32F2N6S/c1-27-22-17(7-8-20(29-22)31-10-5-3-2-4-6-11-31)21(26)18-13-28-23(32-18)16-9-12-30(14-16)15-19(24)25/h7-8,13,16,19,26H,2-6,9-12,14-15H2,1H3,(H,27,29)/p+1. The number of nitrogens with two attached hydrogens (primary N) is 1. The molecule has 2 aliphatic heterocycles. The largest absolute Gasteiger partial charge is 0.356 e. The summed E-state index contributed by atoms with van der Waals surface area (Å²) in [5, 5.41) is 11.7. The third-order valence-corrected chi connectivity index (χ3v) is 7.60. The van der Waals surface area contributed by atoms with Crippen LogP contribution in [0.15, 0.2) is 18.3 Å². The molecular weight excluding hydrogens is 430 g/mol. The normalized spacial score (nSPS) is 20.5. The predicted octanol–water partition coefficient (Wildman–Crippen LogP) is 3.60. The summed E-state index contributed by atoms with van der Waals surface area (Å²) in [6.45, 7) is 3.20. The maximum absolute atomic E-state index is 12.7. The van der Waals surface area contributed by atoms with Crippen LogP contribution in [0, 0.1) is 5.41 Å². The van der Waals surface area contributed by atoms with Gasteiger partial charge in [0.1, 0.15) is 5.82 Å². The molecule has 2 fully saturated rings. The molecule has 2 saturated heterocycles. The van der Waals surface area contributed by atoms with Gasteiger partial charge in [-0.3, -0.25) is 15.6 Å². The minimum atomic E-state index is -2.30. The highest BCUT2D eigenvalue weighted by molar-refractivity contribution is 7.14. The number of hydrogen-bond acceptors (Lipinski definition) is 6. The number of thiazole rings is 1. The van der Waals surface area contributed by atoms with E-state index in [1.54, 1.807) is 11.1 Å². The monoisotopic (exact) mass is 463 g/mol. The first kappa shape index (κ1) is 23.2. The fourth-order valence-electron chi connectivity index (χ4n) is 4.67. The summed E-state index contributed by atoms with van der Waals surface area (Å²) in [5.41, 5.74) is 1.24. The molecule has 0 aromatic carbocycles. The van der Waals surface area contributed by atoms with Crippen molar-refractivity contribution in [3.8, 4) is 0 Å². The van der Waals surface area contributed by atoms with Crippen molar-refractivity contribution >= 4 is 28.7 Å². The average molecular weight is 464 g/mol. The lowest BCUT2D eigenvalue weighted by molar-refractivity contribution is -0.543. The Morgan fingerprint density at radius 2 is 1.94 bits per heavy atom.